The number of thioether (sulfide) groups is 1. The third-order valence-electron chi connectivity index (χ3n) is 5.05. The zero-order chi connectivity index (χ0) is 21.5. The van der Waals surface area contributed by atoms with Crippen molar-refractivity contribution in [2.45, 2.75) is 36.5 Å². The van der Waals surface area contributed by atoms with Crippen molar-refractivity contribution in [3.63, 3.8) is 0 Å². The van der Waals surface area contributed by atoms with Gasteiger partial charge in [-0.2, -0.15) is 5.10 Å². The molecule has 2 aromatic rings. The predicted molar refractivity (Wildman–Crippen MR) is 122 cm³/mol. The highest BCUT2D eigenvalue weighted by Crippen LogP contribution is 2.34. The van der Waals surface area contributed by atoms with Gasteiger partial charge in [0, 0.05) is 17.6 Å². The number of hydrogen-bond donors (Lipinski definition) is 4. The molecular weight excluding hydrogens is 400 g/mol. The third-order valence-corrected chi connectivity index (χ3v) is 6.20. The van der Waals surface area contributed by atoms with Gasteiger partial charge in [0.15, 0.2) is 0 Å². The number of anilines is 2. The van der Waals surface area contributed by atoms with Gasteiger partial charge in [-0.3, -0.25) is 20.1 Å². The van der Waals surface area contributed by atoms with Gasteiger partial charge >= 0.3 is 0 Å². The van der Waals surface area contributed by atoms with E-state index in [2.05, 4.69) is 28.0 Å². The largest absolute Gasteiger partial charge is 0.322 e. The lowest BCUT2D eigenvalue weighted by molar-refractivity contribution is 0.102. The van der Waals surface area contributed by atoms with Crippen LogP contribution < -0.4 is 22.5 Å². The average molecular weight is 429 g/mol. The Morgan fingerprint density at radius 3 is 2.43 bits per heavy atom. The Balaban J connectivity index is 1.81. The topological polar surface area (TPSA) is 118 Å². The minimum Gasteiger partial charge on any atom is -0.322 e. The number of amidine groups is 1. The Hall–Kier alpha value is -2.75. The lowest BCUT2D eigenvalue weighted by atomic mass is 9.97. The summed E-state index contributed by atoms with van der Waals surface area (Å²) >= 11 is 1.20. The van der Waals surface area contributed by atoms with Gasteiger partial charge < -0.3 is 11.2 Å². The van der Waals surface area contributed by atoms with Crippen molar-refractivity contribution in [2.24, 2.45) is 16.8 Å². The van der Waals surface area contributed by atoms with Gasteiger partial charge in [-0.15, -0.1) is 0 Å². The van der Waals surface area contributed by atoms with E-state index in [-0.39, 0.29) is 5.91 Å². The van der Waals surface area contributed by atoms with Gasteiger partial charge in [0.25, 0.3) is 5.91 Å². The van der Waals surface area contributed by atoms with Crippen LogP contribution in [0.5, 0.6) is 0 Å². The van der Waals surface area contributed by atoms with Crippen molar-refractivity contribution < 1.29 is 9.63 Å². The smallest absolute Gasteiger partial charge is 0.256 e. The van der Waals surface area contributed by atoms with Crippen molar-refractivity contribution >= 4 is 34.2 Å². The second-order valence-corrected chi connectivity index (χ2v) is 8.21. The Kier molecular flexibility index (Phi) is 7.56. The highest BCUT2D eigenvalue weighted by Gasteiger charge is 2.19. The van der Waals surface area contributed by atoms with E-state index in [0.29, 0.717) is 27.2 Å². The van der Waals surface area contributed by atoms with E-state index in [1.807, 2.05) is 12.1 Å². The summed E-state index contributed by atoms with van der Waals surface area (Å²) in [5.41, 5.74) is 5.92. The van der Waals surface area contributed by atoms with E-state index in [0.717, 1.165) is 5.69 Å². The number of nitrogens with one attached hydrogen (secondary N) is 2. The number of rotatable bonds is 6. The maximum absolute atomic E-state index is 13.1. The van der Waals surface area contributed by atoms with Crippen molar-refractivity contribution in [3.8, 4) is 0 Å². The summed E-state index contributed by atoms with van der Waals surface area (Å²) in [6.45, 7) is 0. The second-order valence-electron chi connectivity index (χ2n) is 7.20. The van der Waals surface area contributed by atoms with Crippen LogP contribution in [0.3, 0.4) is 0 Å². The van der Waals surface area contributed by atoms with Crippen LogP contribution >= 0.6 is 11.8 Å². The van der Waals surface area contributed by atoms with Gasteiger partial charge in [0.1, 0.15) is 0 Å². The second kappa shape index (κ2) is 10.3. The zero-order valence-electron chi connectivity index (χ0n) is 17.2. The molecule has 0 saturated heterocycles. The number of amides is 1. The number of benzene rings is 2. The molecular formula is C21H28N6O2S. The van der Waals surface area contributed by atoms with Gasteiger partial charge in [0.2, 0.25) is 5.17 Å². The normalized spacial score (nSPS) is 14.6. The fourth-order valence-electron chi connectivity index (χ4n) is 3.56. The SMILES string of the molecule is CONc1ccc(S/C(=N/N)N(C)N)c(C(=O)Nc2ccc(C3CCCC3)cc2)c1. The first-order chi connectivity index (χ1) is 14.5. The van der Waals surface area contributed by atoms with Crippen LogP contribution in [0.2, 0.25) is 0 Å². The number of nitrogens with two attached hydrogens (primary N) is 2. The Morgan fingerprint density at radius 2 is 1.83 bits per heavy atom. The monoisotopic (exact) mass is 428 g/mol. The van der Waals surface area contributed by atoms with Crippen molar-refractivity contribution in [1.29, 1.82) is 0 Å². The van der Waals surface area contributed by atoms with E-state index in [4.69, 9.17) is 16.5 Å². The molecule has 1 amide bonds. The minimum absolute atomic E-state index is 0.248. The van der Waals surface area contributed by atoms with Crippen LogP contribution in [0.1, 0.15) is 47.5 Å². The summed E-state index contributed by atoms with van der Waals surface area (Å²) in [6.07, 6.45) is 5.07. The van der Waals surface area contributed by atoms with Gasteiger partial charge in [-0.1, -0.05) is 25.0 Å². The Bertz CT molecular complexity index is 895. The minimum atomic E-state index is -0.248. The zero-order valence-corrected chi connectivity index (χ0v) is 18.0. The molecule has 30 heavy (non-hydrogen) atoms. The molecule has 0 bridgehead atoms. The summed E-state index contributed by atoms with van der Waals surface area (Å²) in [6, 6.07) is 13.4. The van der Waals surface area contributed by atoms with Crippen LogP contribution in [0.15, 0.2) is 52.5 Å². The number of carbonyl (C=O) groups excluding carboxylic acids is 1. The van der Waals surface area contributed by atoms with E-state index < -0.39 is 0 Å². The first-order valence-corrected chi connectivity index (χ1v) is 10.6. The molecule has 1 aliphatic carbocycles. The maximum atomic E-state index is 13.1. The lowest BCUT2D eigenvalue weighted by Gasteiger charge is -2.16. The van der Waals surface area contributed by atoms with Crippen molar-refractivity contribution in [1.82, 2.24) is 5.01 Å². The standard InChI is InChI=1S/C21H28N6O2S/c1-27(23)21(25-22)30-19-12-11-17(26-29-2)13-18(19)20(28)24-16-9-7-15(8-10-16)14-5-3-4-6-14/h7-14,26H,3-6,22-23H2,1-2H3,(H,24,28)/b25-21+. The number of hydrogen-bond acceptors (Lipinski definition) is 7. The number of carbonyl (C=O) groups is 1. The summed E-state index contributed by atoms with van der Waals surface area (Å²) in [5.74, 6) is 11.6. The summed E-state index contributed by atoms with van der Waals surface area (Å²) in [5, 5.41) is 8.32. The van der Waals surface area contributed by atoms with E-state index in [1.54, 1.807) is 25.2 Å². The van der Waals surface area contributed by atoms with Crippen LogP contribution in [-0.2, 0) is 4.84 Å². The molecule has 3 rings (SSSR count). The van der Waals surface area contributed by atoms with Crippen LogP contribution in [0.4, 0.5) is 11.4 Å². The van der Waals surface area contributed by atoms with Gasteiger partial charge in [-0.25, -0.2) is 5.84 Å². The predicted octanol–water partition coefficient (Wildman–Crippen LogP) is 3.70. The van der Waals surface area contributed by atoms with Gasteiger partial charge in [-0.05, 0) is 66.4 Å². The number of hydrazine groups is 1. The summed E-state index contributed by atoms with van der Waals surface area (Å²) < 4.78 is 0. The van der Waals surface area contributed by atoms with Crippen LogP contribution in [0.25, 0.3) is 0 Å². The molecule has 1 fully saturated rings. The summed E-state index contributed by atoms with van der Waals surface area (Å²) in [4.78, 5) is 18.7. The first kappa shape index (κ1) is 21.9. The number of hydrazone groups is 1. The molecule has 0 heterocycles. The third kappa shape index (κ3) is 5.44. The number of nitrogens with zero attached hydrogens (tertiary/aromatic N) is 2. The van der Waals surface area contributed by atoms with E-state index >= 15 is 0 Å². The van der Waals surface area contributed by atoms with E-state index in [9.17, 15) is 4.79 Å². The first-order valence-electron chi connectivity index (χ1n) is 9.80. The Morgan fingerprint density at radius 1 is 1.17 bits per heavy atom. The lowest BCUT2D eigenvalue weighted by Crippen LogP contribution is -2.32. The Labute approximate surface area is 180 Å². The van der Waals surface area contributed by atoms with Crippen molar-refractivity contribution in [3.05, 3.63) is 53.6 Å². The molecule has 0 spiro atoms. The molecule has 0 radical (unpaired) electrons. The maximum Gasteiger partial charge on any atom is 0.256 e. The molecule has 0 atom stereocenters. The van der Waals surface area contributed by atoms with Crippen LogP contribution in [0, 0.1) is 0 Å². The molecule has 160 valence electrons. The fourth-order valence-corrected chi connectivity index (χ4v) is 4.35. The fraction of sp³-hybridized carbons (Fsp3) is 0.333. The molecule has 6 N–H and O–H groups in total. The molecule has 0 unspecified atom stereocenters. The summed E-state index contributed by atoms with van der Waals surface area (Å²) in [7, 11) is 3.14. The van der Waals surface area contributed by atoms with Gasteiger partial charge in [0.05, 0.1) is 18.4 Å². The quantitative estimate of drug-likeness (QED) is 0.182. The van der Waals surface area contributed by atoms with Crippen molar-refractivity contribution in [2.75, 3.05) is 25.0 Å². The molecule has 0 aliphatic heterocycles. The molecule has 1 aliphatic rings. The molecule has 0 aromatic heterocycles. The molecule has 2 aromatic carbocycles. The van der Waals surface area contributed by atoms with E-state index in [1.165, 1.54) is 55.1 Å². The molecule has 8 nitrogen and oxygen atoms in total. The highest BCUT2D eigenvalue weighted by molar-refractivity contribution is 8.13. The molecule has 1 saturated carbocycles. The van der Waals surface area contributed by atoms with Crippen LogP contribution in [-0.4, -0.2) is 30.2 Å². The molecule has 9 heteroatoms. The average Bonchev–Trinajstić information content (AvgIpc) is 3.28. The highest BCUT2D eigenvalue weighted by atomic mass is 32.2.